The number of aromatic nitrogens is 2. The molecule has 3 aromatic rings. The first-order chi connectivity index (χ1) is 14.1. The van der Waals surface area contributed by atoms with Crippen LogP contribution < -0.4 is 29.6 Å². The molecule has 0 aliphatic heterocycles. The third-order valence-corrected chi connectivity index (χ3v) is 4.18. The van der Waals surface area contributed by atoms with E-state index < -0.39 is 0 Å². The maximum Gasteiger partial charge on any atom is 0.146 e. The van der Waals surface area contributed by atoms with Crippen LogP contribution in [0.15, 0.2) is 42.5 Å². The second-order valence-electron chi connectivity index (χ2n) is 6.07. The molecule has 8 nitrogen and oxygen atoms in total. The van der Waals surface area contributed by atoms with Crippen LogP contribution in [0.2, 0.25) is 0 Å². The summed E-state index contributed by atoms with van der Waals surface area (Å²) >= 11 is 0. The van der Waals surface area contributed by atoms with Crippen LogP contribution in [-0.4, -0.2) is 38.4 Å². The number of hydrogen-bond acceptors (Lipinski definition) is 8. The molecule has 0 aliphatic carbocycles. The summed E-state index contributed by atoms with van der Waals surface area (Å²) in [5.74, 6) is 4.56. The molecule has 1 aromatic heterocycles. The Hall–Kier alpha value is -3.68. The van der Waals surface area contributed by atoms with E-state index in [1.54, 1.807) is 40.6 Å². The van der Waals surface area contributed by atoms with Crippen molar-refractivity contribution in [3.8, 4) is 23.0 Å². The Balaban J connectivity index is 1.90. The topological polar surface area (TPSA) is 86.8 Å². The summed E-state index contributed by atoms with van der Waals surface area (Å²) in [7, 11) is 6.44. The van der Waals surface area contributed by atoms with E-state index in [1.807, 2.05) is 37.3 Å². The number of anilines is 4. The van der Waals surface area contributed by atoms with E-state index in [0.717, 1.165) is 11.4 Å². The van der Waals surface area contributed by atoms with Crippen molar-refractivity contribution in [1.82, 2.24) is 9.97 Å². The number of methoxy groups -OCH3 is 4. The Morgan fingerprint density at radius 3 is 1.83 bits per heavy atom. The van der Waals surface area contributed by atoms with Crippen LogP contribution in [0.5, 0.6) is 23.0 Å². The largest absolute Gasteiger partial charge is 0.497 e. The van der Waals surface area contributed by atoms with Crippen molar-refractivity contribution in [3.63, 3.8) is 0 Å². The van der Waals surface area contributed by atoms with Crippen LogP contribution in [-0.2, 0) is 0 Å². The molecule has 152 valence electrons. The normalized spacial score (nSPS) is 10.2. The number of rotatable bonds is 8. The molecule has 0 fully saturated rings. The second-order valence-corrected chi connectivity index (χ2v) is 6.07. The molecule has 1 heterocycles. The fourth-order valence-electron chi connectivity index (χ4n) is 2.79. The predicted molar refractivity (Wildman–Crippen MR) is 112 cm³/mol. The Labute approximate surface area is 169 Å². The number of ether oxygens (including phenoxy) is 4. The van der Waals surface area contributed by atoms with Crippen molar-refractivity contribution in [1.29, 1.82) is 0 Å². The third kappa shape index (κ3) is 4.78. The van der Waals surface area contributed by atoms with Gasteiger partial charge in [0.1, 0.15) is 40.5 Å². The summed E-state index contributed by atoms with van der Waals surface area (Å²) in [6, 6.07) is 12.8. The van der Waals surface area contributed by atoms with E-state index in [4.69, 9.17) is 18.9 Å². The first-order valence-corrected chi connectivity index (χ1v) is 8.90. The van der Waals surface area contributed by atoms with E-state index >= 15 is 0 Å². The lowest BCUT2D eigenvalue weighted by Crippen LogP contribution is -2.03. The minimum absolute atomic E-state index is 0.604. The van der Waals surface area contributed by atoms with Gasteiger partial charge in [-0.3, -0.25) is 0 Å². The molecule has 2 N–H and O–H groups in total. The summed E-state index contributed by atoms with van der Waals surface area (Å²) in [6.45, 7) is 1.82. The number of hydrogen-bond donors (Lipinski definition) is 2. The van der Waals surface area contributed by atoms with Crippen molar-refractivity contribution in [3.05, 3.63) is 48.3 Å². The second kappa shape index (κ2) is 9.01. The van der Waals surface area contributed by atoms with E-state index in [2.05, 4.69) is 20.6 Å². The zero-order valence-corrected chi connectivity index (χ0v) is 17.1. The van der Waals surface area contributed by atoms with E-state index in [1.165, 1.54) is 0 Å². The number of nitrogens with zero attached hydrogens (tertiary/aromatic N) is 2. The average molecular weight is 396 g/mol. The Bertz CT molecular complexity index is 994. The van der Waals surface area contributed by atoms with E-state index in [-0.39, 0.29) is 0 Å². The predicted octanol–water partition coefficient (Wildman–Crippen LogP) is 4.31. The van der Waals surface area contributed by atoms with Gasteiger partial charge in [-0.25, -0.2) is 9.97 Å². The zero-order chi connectivity index (χ0) is 20.8. The van der Waals surface area contributed by atoms with Gasteiger partial charge in [0.25, 0.3) is 0 Å². The SMILES string of the molecule is COc1ccc(OC)c(Nc2cc(Nc3ccc(OC)cc3OC)nc(C)n2)c1. The zero-order valence-electron chi connectivity index (χ0n) is 17.1. The summed E-state index contributed by atoms with van der Waals surface area (Å²) in [5.41, 5.74) is 1.49. The molecule has 3 rings (SSSR count). The minimum Gasteiger partial charge on any atom is -0.497 e. The fourth-order valence-corrected chi connectivity index (χ4v) is 2.79. The minimum atomic E-state index is 0.604. The molecular weight excluding hydrogens is 372 g/mol. The fraction of sp³-hybridized carbons (Fsp3) is 0.238. The van der Waals surface area contributed by atoms with Crippen LogP contribution in [0, 0.1) is 6.92 Å². The maximum absolute atomic E-state index is 5.44. The highest BCUT2D eigenvalue weighted by atomic mass is 16.5. The molecule has 0 amide bonds. The number of benzene rings is 2. The smallest absolute Gasteiger partial charge is 0.146 e. The molecule has 0 radical (unpaired) electrons. The highest BCUT2D eigenvalue weighted by Gasteiger charge is 2.10. The molecule has 0 spiro atoms. The summed E-state index contributed by atoms with van der Waals surface area (Å²) in [5, 5.41) is 6.53. The molecule has 0 bridgehead atoms. The Morgan fingerprint density at radius 2 is 1.21 bits per heavy atom. The molecule has 8 heteroatoms. The first kappa shape index (κ1) is 20.1. The van der Waals surface area contributed by atoms with Gasteiger partial charge < -0.3 is 29.6 Å². The molecule has 0 unspecified atom stereocenters. The highest BCUT2D eigenvalue weighted by Crippen LogP contribution is 2.33. The highest BCUT2D eigenvalue weighted by molar-refractivity contribution is 5.70. The third-order valence-electron chi connectivity index (χ3n) is 4.18. The lowest BCUT2D eigenvalue weighted by Gasteiger charge is -2.15. The van der Waals surface area contributed by atoms with Crippen molar-refractivity contribution in [2.45, 2.75) is 6.92 Å². The van der Waals surface area contributed by atoms with Crippen molar-refractivity contribution >= 4 is 23.0 Å². The molecule has 29 heavy (non-hydrogen) atoms. The number of aryl methyl sites for hydroxylation is 1. The van der Waals surface area contributed by atoms with Crippen LogP contribution in [0.4, 0.5) is 23.0 Å². The monoisotopic (exact) mass is 396 g/mol. The van der Waals surface area contributed by atoms with Crippen LogP contribution in [0.1, 0.15) is 5.82 Å². The summed E-state index contributed by atoms with van der Waals surface area (Å²) in [6.07, 6.45) is 0. The molecule has 0 saturated heterocycles. The molecule has 0 saturated carbocycles. The molecule has 2 aromatic carbocycles. The first-order valence-electron chi connectivity index (χ1n) is 8.90. The van der Waals surface area contributed by atoms with Gasteiger partial charge >= 0.3 is 0 Å². The van der Waals surface area contributed by atoms with E-state index in [9.17, 15) is 0 Å². The number of nitrogens with one attached hydrogen (secondary N) is 2. The van der Waals surface area contributed by atoms with Crippen molar-refractivity contribution in [2.24, 2.45) is 0 Å². The Morgan fingerprint density at radius 1 is 0.621 bits per heavy atom. The molecule has 0 aliphatic rings. The maximum atomic E-state index is 5.44. The summed E-state index contributed by atoms with van der Waals surface area (Å²) < 4.78 is 21.4. The average Bonchev–Trinajstić information content (AvgIpc) is 2.73. The lowest BCUT2D eigenvalue weighted by atomic mass is 10.2. The van der Waals surface area contributed by atoms with Gasteiger partial charge in [-0.05, 0) is 31.2 Å². The van der Waals surface area contributed by atoms with Crippen molar-refractivity contribution in [2.75, 3.05) is 39.1 Å². The Kier molecular flexibility index (Phi) is 6.23. The molecular formula is C21H24N4O4. The van der Waals surface area contributed by atoms with Crippen LogP contribution in [0.25, 0.3) is 0 Å². The lowest BCUT2D eigenvalue weighted by molar-refractivity contribution is 0.395. The van der Waals surface area contributed by atoms with Gasteiger partial charge in [-0.15, -0.1) is 0 Å². The van der Waals surface area contributed by atoms with E-state index in [0.29, 0.717) is 40.5 Å². The van der Waals surface area contributed by atoms with Gasteiger partial charge in [0.2, 0.25) is 0 Å². The molecule has 0 atom stereocenters. The van der Waals surface area contributed by atoms with Gasteiger partial charge in [0.05, 0.1) is 39.8 Å². The van der Waals surface area contributed by atoms with Gasteiger partial charge in [-0.1, -0.05) is 0 Å². The quantitative estimate of drug-likeness (QED) is 0.583. The standard InChI is InChI=1S/C21H24N4O4/c1-13-22-20(24-16-8-6-15(27-3)11-19(16)29-5)12-21(23-13)25-17-10-14(26-2)7-9-18(17)28-4/h6-12H,1-5H3,(H2,22,23,24,25). The van der Waals surface area contributed by atoms with Gasteiger partial charge in [-0.2, -0.15) is 0 Å². The van der Waals surface area contributed by atoms with Crippen LogP contribution >= 0.6 is 0 Å². The summed E-state index contributed by atoms with van der Waals surface area (Å²) in [4.78, 5) is 8.92. The van der Waals surface area contributed by atoms with Gasteiger partial charge in [0, 0.05) is 18.2 Å². The van der Waals surface area contributed by atoms with Gasteiger partial charge in [0.15, 0.2) is 0 Å². The van der Waals surface area contributed by atoms with Crippen molar-refractivity contribution < 1.29 is 18.9 Å². The van der Waals surface area contributed by atoms with Crippen LogP contribution in [0.3, 0.4) is 0 Å².